The molecule has 1 amide bonds. The lowest BCUT2D eigenvalue weighted by molar-refractivity contribution is -0.137. The topological polar surface area (TPSA) is 41.1 Å². The van der Waals surface area contributed by atoms with E-state index in [1.165, 1.54) is 18.2 Å². The number of nitrogens with one attached hydrogen (secondary N) is 2. The summed E-state index contributed by atoms with van der Waals surface area (Å²) < 4.78 is 39.4. The van der Waals surface area contributed by atoms with E-state index < -0.39 is 17.6 Å². The fraction of sp³-hybridized carbons (Fsp3) is 0.188. The number of anilines is 2. The molecule has 0 bridgehead atoms. The number of hydrogen-bond donors (Lipinski definition) is 2. The maximum absolute atomic E-state index is 12.9. The smallest absolute Gasteiger partial charge is 0.375 e. The Morgan fingerprint density at radius 2 is 1.83 bits per heavy atom. The molecule has 122 valence electrons. The van der Waals surface area contributed by atoms with Gasteiger partial charge < -0.3 is 10.6 Å². The van der Waals surface area contributed by atoms with Crippen LogP contribution in [0.4, 0.5) is 24.5 Å². The Bertz CT molecular complexity index is 717. The Kier molecular flexibility index (Phi) is 5.30. The highest BCUT2D eigenvalue weighted by Gasteiger charge is 2.33. The van der Waals surface area contributed by atoms with Gasteiger partial charge in [0.05, 0.1) is 17.8 Å². The summed E-state index contributed by atoms with van der Waals surface area (Å²) in [7, 11) is 0. The summed E-state index contributed by atoms with van der Waals surface area (Å²) >= 11 is 3.36. The van der Waals surface area contributed by atoms with Crippen LogP contribution in [-0.2, 0) is 11.0 Å². The van der Waals surface area contributed by atoms with Gasteiger partial charge in [0.1, 0.15) is 0 Å². The van der Waals surface area contributed by atoms with Gasteiger partial charge in [-0.05, 0) is 52.7 Å². The third kappa shape index (κ3) is 4.72. The summed E-state index contributed by atoms with van der Waals surface area (Å²) in [5.74, 6) is -0.561. The van der Waals surface area contributed by atoms with E-state index in [1.54, 1.807) is 6.07 Å². The van der Waals surface area contributed by atoms with Crippen LogP contribution in [0.3, 0.4) is 0 Å². The number of hydrogen-bond acceptors (Lipinski definition) is 2. The van der Waals surface area contributed by atoms with Gasteiger partial charge in [0.25, 0.3) is 0 Å². The van der Waals surface area contributed by atoms with Gasteiger partial charge in [0, 0.05) is 10.2 Å². The van der Waals surface area contributed by atoms with Crippen molar-refractivity contribution in [2.45, 2.75) is 13.1 Å². The quantitative estimate of drug-likeness (QED) is 0.790. The minimum Gasteiger partial charge on any atom is -0.375 e. The van der Waals surface area contributed by atoms with Crippen LogP contribution >= 0.6 is 15.9 Å². The van der Waals surface area contributed by atoms with E-state index in [1.807, 2.05) is 19.1 Å². The third-order valence-electron chi connectivity index (χ3n) is 3.07. The van der Waals surface area contributed by atoms with Gasteiger partial charge in [-0.15, -0.1) is 0 Å². The van der Waals surface area contributed by atoms with E-state index in [-0.39, 0.29) is 12.2 Å². The van der Waals surface area contributed by atoms with Crippen molar-refractivity contribution in [2.75, 3.05) is 17.2 Å². The first-order chi connectivity index (χ1) is 10.8. The average molecular weight is 387 g/mol. The SMILES string of the molecule is Cc1ccc(NCC(=O)Nc2ccccc2C(F)(F)F)c(Br)c1. The molecule has 3 nitrogen and oxygen atoms in total. The number of rotatable bonds is 4. The molecule has 23 heavy (non-hydrogen) atoms. The Morgan fingerprint density at radius 3 is 2.48 bits per heavy atom. The lowest BCUT2D eigenvalue weighted by Crippen LogP contribution is -2.23. The molecule has 0 aliphatic heterocycles. The number of benzene rings is 2. The predicted molar refractivity (Wildman–Crippen MR) is 87.4 cm³/mol. The van der Waals surface area contributed by atoms with Crippen molar-refractivity contribution in [3.8, 4) is 0 Å². The fourth-order valence-electron chi connectivity index (χ4n) is 1.97. The maximum Gasteiger partial charge on any atom is 0.418 e. The highest BCUT2D eigenvalue weighted by Crippen LogP contribution is 2.34. The second kappa shape index (κ2) is 7.04. The highest BCUT2D eigenvalue weighted by molar-refractivity contribution is 9.10. The number of aryl methyl sites for hydroxylation is 1. The second-order valence-electron chi connectivity index (χ2n) is 4.93. The number of amides is 1. The van der Waals surface area contributed by atoms with Crippen LogP contribution < -0.4 is 10.6 Å². The van der Waals surface area contributed by atoms with E-state index in [9.17, 15) is 18.0 Å². The van der Waals surface area contributed by atoms with Crippen LogP contribution in [0.2, 0.25) is 0 Å². The number of halogens is 4. The van der Waals surface area contributed by atoms with Gasteiger partial charge in [-0.1, -0.05) is 18.2 Å². The minimum absolute atomic E-state index is 0.145. The molecule has 0 unspecified atom stereocenters. The zero-order valence-electron chi connectivity index (χ0n) is 12.2. The van der Waals surface area contributed by atoms with Gasteiger partial charge in [-0.3, -0.25) is 4.79 Å². The van der Waals surface area contributed by atoms with E-state index in [2.05, 4.69) is 26.6 Å². The molecule has 2 N–H and O–H groups in total. The summed E-state index contributed by atoms with van der Waals surface area (Å²) in [6, 6.07) is 10.4. The Labute approximate surface area is 140 Å². The number of carbonyl (C=O) groups excluding carboxylic acids is 1. The van der Waals surface area contributed by atoms with E-state index in [0.29, 0.717) is 5.69 Å². The predicted octanol–water partition coefficient (Wildman–Crippen LogP) is 4.83. The number of para-hydroxylation sites is 1. The van der Waals surface area contributed by atoms with E-state index in [0.717, 1.165) is 16.1 Å². The zero-order valence-corrected chi connectivity index (χ0v) is 13.8. The largest absolute Gasteiger partial charge is 0.418 e. The first kappa shape index (κ1) is 17.3. The molecule has 7 heteroatoms. The molecule has 0 fully saturated rings. The summed E-state index contributed by atoms with van der Waals surface area (Å²) in [6.45, 7) is 1.78. The van der Waals surface area contributed by atoms with Gasteiger partial charge in [-0.2, -0.15) is 13.2 Å². The van der Waals surface area contributed by atoms with Crippen molar-refractivity contribution in [2.24, 2.45) is 0 Å². The van der Waals surface area contributed by atoms with Crippen molar-refractivity contribution in [3.05, 3.63) is 58.1 Å². The molecule has 0 saturated heterocycles. The molecule has 0 spiro atoms. The van der Waals surface area contributed by atoms with Gasteiger partial charge in [0.2, 0.25) is 5.91 Å². The van der Waals surface area contributed by atoms with Crippen LogP contribution in [0.5, 0.6) is 0 Å². The van der Waals surface area contributed by atoms with Crippen LogP contribution in [-0.4, -0.2) is 12.5 Å². The number of carbonyl (C=O) groups is 1. The Balaban J connectivity index is 2.03. The van der Waals surface area contributed by atoms with Crippen molar-refractivity contribution in [3.63, 3.8) is 0 Å². The van der Waals surface area contributed by atoms with Gasteiger partial charge in [0.15, 0.2) is 0 Å². The summed E-state index contributed by atoms with van der Waals surface area (Å²) in [5, 5.41) is 5.16. The third-order valence-corrected chi connectivity index (χ3v) is 3.73. The van der Waals surface area contributed by atoms with Crippen LogP contribution in [0.15, 0.2) is 46.9 Å². The molecule has 2 rings (SSSR count). The summed E-state index contributed by atoms with van der Waals surface area (Å²) in [6.07, 6.45) is -4.52. The molecular formula is C16H14BrF3N2O. The highest BCUT2D eigenvalue weighted by atomic mass is 79.9. The molecule has 0 aliphatic rings. The Hall–Kier alpha value is -2.02. The zero-order chi connectivity index (χ0) is 17.0. The summed E-state index contributed by atoms with van der Waals surface area (Å²) in [4.78, 5) is 11.9. The molecule has 0 atom stereocenters. The van der Waals surface area contributed by atoms with E-state index >= 15 is 0 Å². The number of alkyl halides is 3. The molecule has 2 aromatic carbocycles. The monoisotopic (exact) mass is 386 g/mol. The lowest BCUT2D eigenvalue weighted by Gasteiger charge is -2.14. The fourth-order valence-corrected chi connectivity index (χ4v) is 2.61. The van der Waals surface area contributed by atoms with Crippen molar-refractivity contribution < 1.29 is 18.0 Å². The Morgan fingerprint density at radius 1 is 1.13 bits per heavy atom. The molecule has 2 aromatic rings. The van der Waals surface area contributed by atoms with Gasteiger partial charge in [-0.25, -0.2) is 0 Å². The van der Waals surface area contributed by atoms with Crippen molar-refractivity contribution in [1.29, 1.82) is 0 Å². The minimum atomic E-state index is -4.52. The molecular weight excluding hydrogens is 373 g/mol. The molecule has 0 aliphatic carbocycles. The van der Waals surface area contributed by atoms with Crippen LogP contribution in [0.1, 0.15) is 11.1 Å². The first-order valence-electron chi connectivity index (χ1n) is 6.73. The normalized spacial score (nSPS) is 11.2. The average Bonchev–Trinajstić information content (AvgIpc) is 2.46. The second-order valence-corrected chi connectivity index (χ2v) is 5.78. The summed E-state index contributed by atoms with van der Waals surface area (Å²) in [5.41, 5.74) is 0.612. The molecule has 0 aromatic heterocycles. The first-order valence-corrected chi connectivity index (χ1v) is 7.53. The standard InChI is InChI=1S/C16H14BrF3N2O/c1-10-6-7-14(12(17)8-10)21-9-15(23)22-13-5-3-2-4-11(13)16(18,19)20/h2-8,21H,9H2,1H3,(H,22,23). The van der Waals surface area contributed by atoms with Crippen LogP contribution in [0, 0.1) is 6.92 Å². The molecule has 0 heterocycles. The van der Waals surface area contributed by atoms with Crippen molar-refractivity contribution >= 4 is 33.2 Å². The molecule has 0 radical (unpaired) electrons. The van der Waals surface area contributed by atoms with Crippen LogP contribution in [0.25, 0.3) is 0 Å². The van der Waals surface area contributed by atoms with Gasteiger partial charge >= 0.3 is 6.18 Å². The maximum atomic E-state index is 12.9. The van der Waals surface area contributed by atoms with E-state index in [4.69, 9.17) is 0 Å². The lowest BCUT2D eigenvalue weighted by atomic mass is 10.1. The molecule has 0 saturated carbocycles. The van der Waals surface area contributed by atoms with Crippen molar-refractivity contribution in [1.82, 2.24) is 0 Å².